The van der Waals surface area contributed by atoms with Crippen molar-refractivity contribution in [1.29, 1.82) is 0 Å². The Morgan fingerprint density at radius 2 is 2.10 bits per heavy atom. The second-order valence-corrected chi connectivity index (χ2v) is 4.52. The van der Waals surface area contributed by atoms with Gasteiger partial charge in [0.25, 0.3) is 0 Å². The highest BCUT2D eigenvalue weighted by molar-refractivity contribution is 9.10. The van der Waals surface area contributed by atoms with E-state index in [0.29, 0.717) is 22.4 Å². The first-order valence-corrected chi connectivity index (χ1v) is 6.62. The fourth-order valence-corrected chi connectivity index (χ4v) is 1.76. The number of carbonyl (C=O) groups excluding carboxylic acids is 1. The average Bonchev–Trinajstić information content (AvgIpc) is 2.40. The summed E-state index contributed by atoms with van der Waals surface area (Å²) in [6, 6.07) is 2.37. The summed E-state index contributed by atoms with van der Waals surface area (Å²) in [6.45, 7) is 1.68. The predicted octanol–water partition coefficient (Wildman–Crippen LogP) is 1.31. The number of ether oxygens (including phenoxy) is 2. The molecule has 21 heavy (non-hydrogen) atoms. The number of urea groups is 1. The topological polar surface area (TPSA) is 123 Å². The monoisotopic (exact) mass is 359 g/mol. The van der Waals surface area contributed by atoms with Crippen LogP contribution in [0.1, 0.15) is 12.5 Å². The first kappa shape index (κ1) is 16.8. The van der Waals surface area contributed by atoms with E-state index in [0.717, 1.165) is 0 Å². The summed E-state index contributed by atoms with van der Waals surface area (Å²) in [4.78, 5) is 21.1. The minimum Gasteiger partial charge on any atom is -0.490 e. The van der Waals surface area contributed by atoms with Gasteiger partial charge in [0.2, 0.25) is 0 Å². The lowest BCUT2D eigenvalue weighted by Gasteiger charge is -2.12. The van der Waals surface area contributed by atoms with E-state index < -0.39 is 18.6 Å². The second kappa shape index (κ2) is 8.10. The van der Waals surface area contributed by atoms with Crippen LogP contribution in [-0.4, -0.2) is 36.5 Å². The van der Waals surface area contributed by atoms with Gasteiger partial charge < -0.3 is 20.3 Å². The molecule has 4 N–H and O–H groups in total. The zero-order chi connectivity index (χ0) is 15.8. The van der Waals surface area contributed by atoms with Gasteiger partial charge in [-0.25, -0.2) is 15.0 Å². The zero-order valence-electron chi connectivity index (χ0n) is 11.1. The number of hydrazone groups is 1. The van der Waals surface area contributed by atoms with E-state index in [2.05, 4.69) is 26.5 Å². The summed E-state index contributed by atoms with van der Waals surface area (Å²) in [5, 5.41) is 12.3. The molecule has 1 aromatic rings. The smallest absolute Gasteiger partial charge is 0.341 e. The lowest BCUT2D eigenvalue weighted by atomic mass is 10.2. The maximum atomic E-state index is 10.5. The Balaban J connectivity index is 3.01. The van der Waals surface area contributed by atoms with Crippen LogP contribution in [0.5, 0.6) is 11.5 Å². The number of carboxylic acids is 1. The number of hydrogen-bond acceptors (Lipinski definition) is 5. The van der Waals surface area contributed by atoms with Crippen LogP contribution in [-0.2, 0) is 4.79 Å². The highest BCUT2D eigenvalue weighted by atomic mass is 79.9. The molecule has 0 atom stereocenters. The van der Waals surface area contributed by atoms with E-state index in [1.54, 1.807) is 19.1 Å². The highest BCUT2D eigenvalue weighted by Crippen LogP contribution is 2.33. The minimum absolute atomic E-state index is 0.283. The van der Waals surface area contributed by atoms with Gasteiger partial charge in [0.1, 0.15) is 0 Å². The number of carbonyl (C=O) groups is 2. The first-order chi connectivity index (χ1) is 9.93. The number of carboxylic acid groups (broad SMARTS) is 1. The molecule has 0 saturated heterocycles. The molecule has 0 aromatic heterocycles. The number of benzene rings is 1. The van der Waals surface area contributed by atoms with Crippen molar-refractivity contribution in [2.24, 2.45) is 10.8 Å². The van der Waals surface area contributed by atoms with Gasteiger partial charge in [-0.2, -0.15) is 5.10 Å². The molecule has 0 aliphatic heterocycles. The van der Waals surface area contributed by atoms with E-state index >= 15 is 0 Å². The molecule has 0 heterocycles. The number of primary amides is 1. The van der Waals surface area contributed by atoms with Gasteiger partial charge in [-0.1, -0.05) is 0 Å². The number of halogens is 1. The van der Waals surface area contributed by atoms with Crippen molar-refractivity contribution < 1.29 is 24.2 Å². The van der Waals surface area contributed by atoms with Gasteiger partial charge in [0.15, 0.2) is 18.1 Å². The van der Waals surface area contributed by atoms with Crippen LogP contribution in [0.25, 0.3) is 0 Å². The van der Waals surface area contributed by atoms with Crippen LogP contribution in [0.2, 0.25) is 0 Å². The molecular formula is C12H14BrN3O5. The summed E-state index contributed by atoms with van der Waals surface area (Å²) in [5.74, 6) is -0.446. The quantitative estimate of drug-likeness (QED) is 0.500. The molecule has 1 aromatic carbocycles. The standard InChI is InChI=1S/C12H14BrN3O5/c1-2-20-9-3-7(5-15-16-12(14)19)8(13)4-10(9)21-6-11(17)18/h3-5H,2,6H2,1H3,(H,17,18)(H3,14,16,19)/b15-5+. The molecule has 0 aliphatic rings. The van der Waals surface area contributed by atoms with E-state index in [-0.39, 0.29) is 5.75 Å². The first-order valence-electron chi connectivity index (χ1n) is 5.83. The molecule has 0 spiro atoms. The molecule has 1 rings (SSSR count). The summed E-state index contributed by atoms with van der Waals surface area (Å²) in [7, 11) is 0. The van der Waals surface area contributed by atoms with Crippen molar-refractivity contribution in [3.63, 3.8) is 0 Å². The Labute approximate surface area is 129 Å². The van der Waals surface area contributed by atoms with Crippen molar-refractivity contribution in [1.82, 2.24) is 5.43 Å². The molecule has 8 nitrogen and oxygen atoms in total. The lowest BCUT2D eigenvalue weighted by molar-refractivity contribution is -0.139. The number of nitrogens with one attached hydrogen (secondary N) is 1. The SMILES string of the molecule is CCOc1cc(/C=N/NC(N)=O)c(Br)cc1OCC(=O)O. The Bertz CT molecular complexity index is 562. The summed E-state index contributed by atoms with van der Waals surface area (Å²) < 4.78 is 11.1. The maximum absolute atomic E-state index is 10.5. The fourth-order valence-electron chi connectivity index (χ4n) is 1.34. The van der Waals surface area contributed by atoms with Crippen molar-refractivity contribution in [2.75, 3.05) is 13.2 Å². The fraction of sp³-hybridized carbons (Fsp3) is 0.250. The Kier molecular flexibility index (Phi) is 6.47. The zero-order valence-corrected chi connectivity index (χ0v) is 12.7. The number of hydrogen-bond donors (Lipinski definition) is 3. The summed E-state index contributed by atoms with van der Waals surface area (Å²) in [5.41, 5.74) is 7.55. The van der Waals surface area contributed by atoms with Crippen molar-refractivity contribution in [3.05, 3.63) is 22.2 Å². The molecule has 114 valence electrons. The number of nitrogens with two attached hydrogens (primary N) is 1. The van der Waals surface area contributed by atoms with Crippen molar-refractivity contribution in [3.8, 4) is 11.5 Å². The average molecular weight is 360 g/mol. The second-order valence-electron chi connectivity index (χ2n) is 3.67. The van der Waals surface area contributed by atoms with Gasteiger partial charge in [-0.3, -0.25) is 0 Å². The van der Waals surface area contributed by atoms with Crippen molar-refractivity contribution in [2.45, 2.75) is 6.92 Å². The van der Waals surface area contributed by atoms with Gasteiger partial charge in [0, 0.05) is 10.0 Å². The molecule has 2 amide bonds. The third kappa shape index (κ3) is 5.69. The van der Waals surface area contributed by atoms with Gasteiger partial charge in [0.05, 0.1) is 12.8 Å². The maximum Gasteiger partial charge on any atom is 0.341 e. The largest absolute Gasteiger partial charge is 0.490 e. The number of aliphatic carboxylic acids is 1. The highest BCUT2D eigenvalue weighted by Gasteiger charge is 2.11. The molecule has 0 radical (unpaired) electrons. The van der Waals surface area contributed by atoms with Crippen molar-refractivity contribution >= 4 is 34.1 Å². The van der Waals surface area contributed by atoms with Crippen LogP contribution in [0, 0.1) is 0 Å². The van der Waals surface area contributed by atoms with E-state index in [1.807, 2.05) is 0 Å². The molecule has 0 fully saturated rings. The number of rotatable bonds is 7. The Hall–Kier alpha value is -2.29. The summed E-state index contributed by atoms with van der Waals surface area (Å²) >= 11 is 3.29. The van der Waals surface area contributed by atoms with Crippen LogP contribution in [0.3, 0.4) is 0 Å². The molecule has 9 heteroatoms. The van der Waals surface area contributed by atoms with E-state index in [9.17, 15) is 9.59 Å². The van der Waals surface area contributed by atoms with Crippen LogP contribution >= 0.6 is 15.9 Å². The van der Waals surface area contributed by atoms with Gasteiger partial charge in [-0.05, 0) is 35.0 Å². The van der Waals surface area contributed by atoms with Gasteiger partial charge in [-0.15, -0.1) is 0 Å². The molecule has 0 unspecified atom stereocenters. The Morgan fingerprint density at radius 3 is 2.67 bits per heavy atom. The third-order valence-electron chi connectivity index (χ3n) is 2.09. The van der Waals surface area contributed by atoms with Crippen LogP contribution in [0.15, 0.2) is 21.7 Å². The third-order valence-corrected chi connectivity index (χ3v) is 2.78. The number of nitrogens with zero attached hydrogens (tertiary/aromatic N) is 1. The van der Waals surface area contributed by atoms with Crippen LogP contribution < -0.4 is 20.6 Å². The number of amides is 2. The Morgan fingerprint density at radius 1 is 1.43 bits per heavy atom. The lowest BCUT2D eigenvalue weighted by Crippen LogP contribution is -2.24. The normalized spacial score (nSPS) is 10.4. The van der Waals surface area contributed by atoms with Gasteiger partial charge >= 0.3 is 12.0 Å². The molecule has 0 aliphatic carbocycles. The molecule has 0 bridgehead atoms. The summed E-state index contributed by atoms with van der Waals surface area (Å²) in [6.07, 6.45) is 1.36. The predicted molar refractivity (Wildman–Crippen MR) is 78.8 cm³/mol. The molecule has 0 saturated carbocycles. The van der Waals surface area contributed by atoms with E-state index in [1.165, 1.54) is 6.21 Å². The molecular weight excluding hydrogens is 346 g/mol. The van der Waals surface area contributed by atoms with E-state index in [4.69, 9.17) is 20.3 Å². The van der Waals surface area contributed by atoms with Crippen LogP contribution in [0.4, 0.5) is 4.79 Å². The minimum atomic E-state index is -1.09.